The molecule has 1 saturated heterocycles. The first kappa shape index (κ1) is 20.4. The molecule has 3 rings (SSSR count). The normalized spacial score (nSPS) is 20.2. The summed E-state index contributed by atoms with van der Waals surface area (Å²) in [4.78, 5) is 12.6. The summed E-state index contributed by atoms with van der Waals surface area (Å²) in [5.74, 6) is -0.531. The lowest BCUT2D eigenvalue weighted by atomic mass is 9.98. The minimum atomic E-state index is -0.515. The summed E-state index contributed by atoms with van der Waals surface area (Å²) in [5, 5.41) is 2.96. The maximum absolute atomic E-state index is 14.3. The highest BCUT2D eigenvalue weighted by atomic mass is 35.5. The number of nitrogens with two attached hydrogens (primary N) is 1. The number of hydrogen-bond donors (Lipinski definition) is 2. The van der Waals surface area contributed by atoms with Crippen molar-refractivity contribution in [3.05, 3.63) is 71.5 Å². The number of hydrogen-bond acceptors (Lipinski definition) is 3. The largest absolute Gasteiger partial charge is 0.364 e. The van der Waals surface area contributed by atoms with Gasteiger partial charge in [-0.2, -0.15) is 0 Å². The first-order valence-electron chi connectivity index (χ1n) is 8.61. The first-order chi connectivity index (χ1) is 12.2. The van der Waals surface area contributed by atoms with E-state index >= 15 is 0 Å². The number of halogens is 2. The lowest BCUT2D eigenvalue weighted by Crippen LogP contribution is -2.38. The molecule has 0 bridgehead atoms. The number of ether oxygens (including phenoxy) is 1. The molecule has 0 saturated carbocycles. The van der Waals surface area contributed by atoms with Crippen LogP contribution in [0.1, 0.15) is 30.0 Å². The van der Waals surface area contributed by atoms with Gasteiger partial charge in [-0.1, -0.05) is 48.5 Å². The molecule has 1 amide bonds. The van der Waals surface area contributed by atoms with Crippen LogP contribution in [0.3, 0.4) is 0 Å². The van der Waals surface area contributed by atoms with Crippen molar-refractivity contribution in [1.29, 1.82) is 0 Å². The number of rotatable bonds is 6. The lowest BCUT2D eigenvalue weighted by Gasteiger charge is -2.22. The second kappa shape index (κ2) is 9.67. The zero-order valence-corrected chi connectivity index (χ0v) is 15.3. The van der Waals surface area contributed by atoms with Crippen LogP contribution in [0.15, 0.2) is 54.6 Å². The van der Waals surface area contributed by atoms with Crippen LogP contribution in [0, 0.1) is 5.82 Å². The van der Waals surface area contributed by atoms with Crippen molar-refractivity contribution in [3.8, 4) is 0 Å². The molecule has 140 valence electrons. The number of amides is 1. The molecule has 0 spiro atoms. The highest BCUT2D eigenvalue weighted by Crippen LogP contribution is 2.24. The Morgan fingerprint density at radius 1 is 1.15 bits per heavy atom. The molecule has 3 N–H and O–H groups in total. The third-order valence-electron chi connectivity index (χ3n) is 4.54. The number of carbonyl (C=O) groups excluding carboxylic acids is 1. The number of carbonyl (C=O) groups is 1. The van der Waals surface area contributed by atoms with Crippen molar-refractivity contribution in [2.45, 2.75) is 37.5 Å². The molecule has 1 aliphatic rings. The predicted octanol–water partition coefficient (Wildman–Crippen LogP) is 3.15. The zero-order valence-electron chi connectivity index (χ0n) is 14.4. The third-order valence-corrected chi connectivity index (χ3v) is 4.54. The molecular formula is C20H24ClFN2O2. The third kappa shape index (κ3) is 5.04. The smallest absolute Gasteiger partial charge is 0.249 e. The van der Waals surface area contributed by atoms with Gasteiger partial charge in [-0.15, -0.1) is 12.4 Å². The van der Waals surface area contributed by atoms with E-state index in [2.05, 4.69) is 5.32 Å². The maximum atomic E-state index is 14.3. The van der Waals surface area contributed by atoms with Crippen molar-refractivity contribution in [1.82, 2.24) is 5.32 Å². The zero-order chi connectivity index (χ0) is 17.6. The van der Waals surface area contributed by atoms with Crippen LogP contribution in [-0.4, -0.2) is 24.7 Å². The molecule has 1 aliphatic heterocycles. The molecule has 6 heteroatoms. The Morgan fingerprint density at radius 3 is 2.50 bits per heavy atom. The maximum Gasteiger partial charge on any atom is 0.249 e. The molecule has 4 nitrogen and oxygen atoms in total. The lowest BCUT2D eigenvalue weighted by molar-refractivity contribution is -0.132. The van der Waals surface area contributed by atoms with Crippen LogP contribution in [0.2, 0.25) is 0 Å². The Kier molecular flexibility index (Phi) is 7.57. The van der Waals surface area contributed by atoms with E-state index in [1.807, 2.05) is 30.3 Å². The summed E-state index contributed by atoms with van der Waals surface area (Å²) >= 11 is 0. The summed E-state index contributed by atoms with van der Waals surface area (Å²) in [6.07, 6.45) is 1.34. The molecular weight excluding hydrogens is 355 g/mol. The predicted molar refractivity (Wildman–Crippen MR) is 102 cm³/mol. The molecule has 3 atom stereocenters. The number of benzene rings is 2. The van der Waals surface area contributed by atoms with Gasteiger partial charge in [0.15, 0.2) is 0 Å². The highest BCUT2D eigenvalue weighted by Gasteiger charge is 2.31. The standard InChI is InChI=1S/C20H23FN2O2.ClH/c21-17-9-5-4-8-16(17)18(12-14-6-2-1-3-7-14)23-20(24)19-11-10-15(13-22)25-19;/h1-9,15,18-19H,10-13,22H2,(H,23,24);1H/t15-,18?,19+;/m1./s1. The van der Waals surface area contributed by atoms with Crippen LogP contribution < -0.4 is 11.1 Å². The van der Waals surface area contributed by atoms with E-state index in [0.717, 1.165) is 12.0 Å². The van der Waals surface area contributed by atoms with Gasteiger partial charge in [0.25, 0.3) is 0 Å². The van der Waals surface area contributed by atoms with Gasteiger partial charge in [0.2, 0.25) is 5.91 Å². The second-order valence-corrected chi connectivity index (χ2v) is 6.33. The summed E-state index contributed by atoms with van der Waals surface area (Å²) in [5.41, 5.74) is 7.11. The van der Waals surface area contributed by atoms with E-state index in [0.29, 0.717) is 24.9 Å². The van der Waals surface area contributed by atoms with Gasteiger partial charge in [-0.25, -0.2) is 4.39 Å². The molecule has 2 aromatic rings. The average molecular weight is 379 g/mol. The average Bonchev–Trinajstić information content (AvgIpc) is 3.12. The van der Waals surface area contributed by atoms with E-state index in [1.165, 1.54) is 6.07 Å². The summed E-state index contributed by atoms with van der Waals surface area (Å²) in [6.45, 7) is 0.407. The van der Waals surface area contributed by atoms with Crippen LogP contribution >= 0.6 is 12.4 Å². The highest BCUT2D eigenvalue weighted by molar-refractivity contribution is 5.85. The van der Waals surface area contributed by atoms with Gasteiger partial charge in [-0.05, 0) is 30.9 Å². The minimum Gasteiger partial charge on any atom is -0.364 e. The monoisotopic (exact) mass is 378 g/mol. The minimum absolute atomic E-state index is 0. The molecule has 0 aromatic heterocycles. The first-order valence-corrected chi connectivity index (χ1v) is 8.61. The van der Waals surface area contributed by atoms with Gasteiger partial charge < -0.3 is 15.8 Å². The summed E-state index contributed by atoms with van der Waals surface area (Å²) < 4.78 is 19.9. The molecule has 0 radical (unpaired) electrons. The van der Waals surface area contributed by atoms with Gasteiger partial charge in [0.05, 0.1) is 12.1 Å². The van der Waals surface area contributed by atoms with E-state index in [9.17, 15) is 9.18 Å². The van der Waals surface area contributed by atoms with Gasteiger partial charge >= 0.3 is 0 Å². The Hall–Kier alpha value is -1.95. The molecule has 1 unspecified atom stereocenters. The van der Waals surface area contributed by atoms with Crippen molar-refractivity contribution in [3.63, 3.8) is 0 Å². The summed E-state index contributed by atoms with van der Waals surface area (Å²) in [6, 6.07) is 15.8. The molecule has 0 aliphatic carbocycles. The Balaban J connectivity index is 0.00000243. The van der Waals surface area contributed by atoms with E-state index in [1.54, 1.807) is 18.2 Å². The van der Waals surface area contributed by atoms with Crippen LogP contribution in [-0.2, 0) is 16.0 Å². The van der Waals surface area contributed by atoms with E-state index in [4.69, 9.17) is 10.5 Å². The molecule has 2 aromatic carbocycles. The van der Waals surface area contributed by atoms with Crippen LogP contribution in [0.25, 0.3) is 0 Å². The fourth-order valence-corrected chi connectivity index (χ4v) is 3.18. The quantitative estimate of drug-likeness (QED) is 0.811. The van der Waals surface area contributed by atoms with Crippen molar-refractivity contribution >= 4 is 18.3 Å². The molecule has 26 heavy (non-hydrogen) atoms. The fourth-order valence-electron chi connectivity index (χ4n) is 3.18. The van der Waals surface area contributed by atoms with Crippen molar-refractivity contribution in [2.75, 3.05) is 6.54 Å². The van der Waals surface area contributed by atoms with Gasteiger partial charge in [0.1, 0.15) is 11.9 Å². The molecule has 1 fully saturated rings. The topological polar surface area (TPSA) is 64.4 Å². The molecule has 1 heterocycles. The van der Waals surface area contributed by atoms with Gasteiger partial charge in [0, 0.05) is 12.1 Å². The van der Waals surface area contributed by atoms with Gasteiger partial charge in [-0.3, -0.25) is 4.79 Å². The van der Waals surface area contributed by atoms with E-state index < -0.39 is 12.1 Å². The Morgan fingerprint density at radius 2 is 1.85 bits per heavy atom. The Labute approximate surface area is 159 Å². The SMILES string of the molecule is Cl.NC[C@H]1CC[C@@H](C(=O)NC(Cc2ccccc2)c2ccccc2F)O1. The van der Waals surface area contributed by atoms with E-state index in [-0.39, 0.29) is 30.2 Å². The fraction of sp³-hybridized carbons (Fsp3) is 0.350. The number of nitrogens with one attached hydrogen (secondary N) is 1. The van der Waals surface area contributed by atoms with Crippen LogP contribution in [0.4, 0.5) is 4.39 Å². The summed E-state index contributed by atoms with van der Waals surface area (Å²) in [7, 11) is 0. The van der Waals surface area contributed by atoms with Crippen LogP contribution in [0.5, 0.6) is 0 Å². The van der Waals surface area contributed by atoms with Crippen molar-refractivity contribution in [2.24, 2.45) is 5.73 Å². The Bertz CT molecular complexity index is 714. The second-order valence-electron chi connectivity index (χ2n) is 6.33. The van der Waals surface area contributed by atoms with Crippen molar-refractivity contribution < 1.29 is 13.9 Å².